The van der Waals surface area contributed by atoms with Gasteiger partial charge in [-0.05, 0) is 51.0 Å². The highest BCUT2D eigenvalue weighted by atomic mass is 19.1. The first-order valence-electron chi connectivity index (χ1n) is 9.19. The molecule has 0 aliphatic carbocycles. The summed E-state index contributed by atoms with van der Waals surface area (Å²) in [6.07, 6.45) is 0.216. The van der Waals surface area contributed by atoms with Crippen LogP contribution in [-0.4, -0.2) is 29.3 Å². The number of nitrogens with one attached hydrogen (secondary N) is 1. The molecule has 2 rings (SSSR count). The van der Waals surface area contributed by atoms with E-state index in [1.807, 2.05) is 32.9 Å². The van der Waals surface area contributed by atoms with Gasteiger partial charge in [-0.15, -0.1) is 0 Å². The summed E-state index contributed by atoms with van der Waals surface area (Å²) in [7, 11) is 0. The fraction of sp³-hybridized carbons (Fsp3) is 0.364. The van der Waals surface area contributed by atoms with Gasteiger partial charge in [-0.1, -0.05) is 41.5 Å². The van der Waals surface area contributed by atoms with Crippen LogP contribution in [0.1, 0.15) is 36.1 Å². The topological polar surface area (TPSA) is 49.4 Å². The number of rotatable bonds is 7. The third-order valence-corrected chi connectivity index (χ3v) is 4.42. The number of hydrogen-bond acceptors (Lipinski definition) is 2. The average molecular weight is 370 g/mol. The minimum Gasteiger partial charge on any atom is -0.355 e. The molecule has 0 heterocycles. The van der Waals surface area contributed by atoms with E-state index in [1.165, 1.54) is 12.1 Å². The third kappa shape index (κ3) is 5.91. The number of carbonyl (C=O) groups excluding carboxylic acids is 2. The van der Waals surface area contributed by atoms with Crippen molar-refractivity contribution in [2.45, 2.75) is 46.7 Å². The number of nitrogens with zero attached hydrogens (tertiary/aromatic N) is 1. The molecule has 0 unspecified atom stereocenters. The van der Waals surface area contributed by atoms with Crippen molar-refractivity contribution in [3.05, 3.63) is 70.5 Å². The van der Waals surface area contributed by atoms with E-state index in [1.54, 1.807) is 24.0 Å². The van der Waals surface area contributed by atoms with Crippen molar-refractivity contribution >= 4 is 11.8 Å². The van der Waals surface area contributed by atoms with Gasteiger partial charge in [0.05, 0.1) is 6.42 Å². The van der Waals surface area contributed by atoms with Gasteiger partial charge in [0.1, 0.15) is 11.9 Å². The zero-order valence-electron chi connectivity index (χ0n) is 16.4. The molecule has 0 fully saturated rings. The van der Waals surface area contributed by atoms with Crippen LogP contribution in [0.4, 0.5) is 4.39 Å². The van der Waals surface area contributed by atoms with Crippen molar-refractivity contribution in [3.63, 3.8) is 0 Å². The average Bonchev–Trinajstić information content (AvgIpc) is 2.59. The molecule has 1 N–H and O–H groups in total. The Morgan fingerprint density at radius 2 is 1.63 bits per heavy atom. The number of carbonyl (C=O) groups is 2. The lowest BCUT2D eigenvalue weighted by atomic mass is 10.0. The predicted molar refractivity (Wildman–Crippen MR) is 105 cm³/mol. The first kappa shape index (κ1) is 20.6. The summed E-state index contributed by atoms with van der Waals surface area (Å²) in [6, 6.07) is 11.4. The van der Waals surface area contributed by atoms with Gasteiger partial charge in [0.2, 0.25) is 11.8 Å². The number of aryl methyl sites for hydroxylation is 2. The van der Waals surface area contributed by atoms with Crippen LogP contribution in [0.5, 0.6) is 0 Å². The minimum absolute atomic E-state index is 0.136. The summed E-state index contributed by atoms with van der Waals surface area (Å²) in [4.78, 5) is 26.9. The van der Waals surface area contributed by atoms with Crippen LogP contribution >= 0.6 is 0 Å². The summed E-state index contributed by atoms with van der Waals surface area (Å²) in [5.41, 5.74) is 3.89. The summed E-state index contributed by atoms with van der Waals surface area (Å²) < 4.78 is 13.2. The van der Waals surface area contributed by atoms with Gasteiger partial charge in [0.25, 0.3) is 0 Å². The lowest BCUT2D eigenvalue weighted by Gasteiger charge is -2.29. The second kappa shape index (κ2) is 9.31. The van der Waals surface area contributed by atoms with Crippen LogP contribution < -0.4 is 5.32 Å². The molecule has 0 spiro atoms. The van der Waals surface area contributed by atoms with Gasteiger partial charge in [-0.25, -0.2) is 4.39 Å². The van der Waals surface area contributed by atoms with Gasteiger partial charge < -0.3 is 10.2 Å². The fourth-order valence-corrected chi connectivity index (χ4v) is 3.14. The molecular formula is C22H27FN2O2. The number of benzene rings is 2. The second-order valence-electron chi connectivity index (χ2n) is 6.89. The van der Waals surface area contributed by atoms with Crippen molar-refractivity contribution in [2.24, 2.45) is 0 Å². The molecule has 2 amide bonds. The number of amides is 2. The molecular weight excluding hydrogens is 343 g/mol. The second-order valence-corrected chi connectivity index (χ2v) is 6.89. The molecule has 2 aromatic carbocycles. The smallest absolute Gasteiger partial charge is 0.242 e. The van der Waals surface area contributed by atoms with Gasteiger partial charge in [0.15, 0.2) is 0 Å². The lowest BCUT2D eigenvalue weighted by Crippen LogP contribution is -2.48. The Bertz CT molecular complexity index is 782. The van der Waals surface area contributed by atoms with Crippen LogP contribution in [0.3, 0.4) is 0 Å². The molecule has 27 heavy (non-hydrogen) atoms. The highest BCUT2D eigenvalue weighted by Gasteiger charge is 2.26. The van der Waals surface area contributed by atoms with Crippen LogP contribution in [0, 0.1) is 19.7 Å². The molecule has 2 aromatic rings. The Morgan fingerprint density at radius 3 is 2.19 bits per heavy atom. The summed E-state index contributed by atoms with van der Waals surface area (Å²) in [5.74, 6) is -0.667. The first-order valence-corrected chi connectivity index (χ1v) is 9.19. The standard InChI is InChI=1S/C22H27FN2O2/c1-5-24-22(27)17(4)25(14-18-6-8-20(23)9-7-18)21(26)13-19-11-15(2)10-16(3)12-19/h6-12,17H,5,13-14H2,1-4H3,(H,24,27)/t17-/m0/s1. The van der Waals surface area contributed by atoms with Crippen molar-refractivity contribution in [2.75, 3.05) is 6.54 Å². The summed E-state index contributed by atoms with van der Waals surface area (Å²) in [5, 5.41) is 2.76. The Kier molecular flexibility index (Phi) is 7.11. The zero-order valence-corrected chi connectivity index (χ0v) is 16.4. The molecule has 0 radical (unpaired) electrons. The van der Waals surface area contributed by atoms with E-state index in [-0.39, 0.29) is 30.6 Å². The maximum absolute atomic E-state index is 13.2. The largest absolute Gasteiger partial charge is 0.355 e. The maximum Gasteiger partial charge on any atom is 0.242 e. The molecule has 4 nitrogen and oxygen atoms in total. The molecule has 1 atom stereocenters. The molecule has 0 aliphatic heterocycles. The molecule has 5 heteroatoms. The van der Waals surface area contributed by atoms with Crippen LogP contribution in [0.2, 0.25) is 0 Å². The van der Waals surface area contributed by atoms with Gasteiger partial charge in [-0.2, -0.15) is 0 Å². The molecule has 0 aliphatic rings. The monoisotopic (exact) mass is 370 g/mol. The number of halogens is 1. The summed E-state index contributed by atoms with van der Waals surface area (Å²) in [6.45, 7) is 8.30. The van der Waals surface area contributed by atoms with E-state index < -0.39 is 6.04 Å². The first-order chi connectivity index (χ1) is 12.8. The SMILES string of the molecule is CCNC(=O)[C@H](C)N(Cc1ccc(F)cc1)C(=O)Cc1cc(C)cc(C)c1. The molecule has 0 saturated heterocycles. The summed E-state index contributed by atoms with van der Waals surface area (Å²) >= 11 is 0. The van der Waals surface area contributed by atoms with Gasteiger partial charge in [0, 0.05) is 13.1 Å². The van der Waals surface area contributed by atoms with Crippen LogP contribution in [0.15, 0.2) is 42.5 Å². The molecule has 0 bridgehead atoms. The Balaban J connectivity index is 2.24. The Labute approximate surface area is 160 Å². The fourth-order valence-electron chi connectivity index (χ4n) is 3.14. The van der Waals surface area contributed by atoms with E-state index in [4.69, 9.17) is 0 Å². The number of hydrogen-bond donors (Lipinski definition) is 1. The maximum atomic E-state index is 13.2. The lowest BCUT2D eigenvalue weighted by molar-refractivity contribution is -0.140. The van der Waals surface area contributed by atoms with E-state index in [2.05, 4.69) is 11.4 Å². The predicted octanol–water partition coefficient (Wildman–Crippen LogP) is 3.54. The van der Waals surface area contributed by atoms with Crippen molar-refractivity contribution in [1.29, 1.82) is 0 Å². The molecule has 0 saturated carbocycles. The van der Waals surface area contributed by atoms with Gasteiger partial charge in [-0.3, -0.25) is 9.59 Å². The number of likely N-dealkylation sites (N-methyl/N-ethyl adjacent to an activating group) is 1. The normalized spacial score (nSPS) is 11.7. The highest BCUT2D eigenvalue weighted by molar-refractivity contribution is 5.88. The van der Waals surface area contributed by atoms with E-state index in [0.717, 1.165) is 22.3 Å². The van der Waals surface area contributed by atoms with E-state index >= 15 is 0 Å². The van der Waals surface area contributed by atoms with Crippen molar-refractivity contribution < 1.29 is 14.0 Å². The zero-order chi connectivity index (χ0) is 20.0. The Hall–Kier alpha value is -2.69. The van der Waals surface area contributed by atoms with Crippen molar-refractivity contribution in [1.82, 2.24) is 10.2 Å². The van der Waals surface area contributed by atoms with Crippen molar-refractivity contribution in [3.8, 4) is 0 Å². The highest BCUT2D eigenvalue weighted by Crippen LogP contribution is 2.15. The third-order valence-electron chi connectivity index (χ3n) is 4.42. The molecule has 144 valence electrons. The van der Waals surface area contributed by atoms with Crippen LogP contribution in [0.25, 0.3) is 0 Å². The minimum atomic E-state index is -0.617. The van der Waals surface area contributed by atoms with Gasteiger partial charge >= 0.3 is 0 Å². The Morgan fingerprint density at radius 1 is 1.04 bits per heavy atom. The van der Waals surface area contributed by atoms with Crippen LogP contribution in [-0.2, 0) is 22.6 Å². The van der Waals surface area contributed by atoms with E-state index in [0.29, 0.717) is 6.54 Å². The van der Waals surface area contributed by atoms with E-state index in [9.17, 15) is 14.0 Å². The quantitative estimate of drug-likeness (QED) is 0.810. The molecule has 0 aromatic heterocycles.